The molecule has 6 heteroatoms. The van der Waals surface area contributed by atoms with Crippen molar-refractivity contribution in [3.05, 3.63) is 64.7 Å². The minimum Gasteiger partial charge on any atom is -0.332 e. The summed E-state index contributed by atoms with van der Waals surface area (Å²) in [5.74, 6) is -0.0518. The maximum Gasteiger partial charge on any atom is 0.254 e. The summed E-state index contributed by atoms with van der Waals surface area (Å²) >= 11 is 0. The number of sulfonamides is 1. The Labute approximate surface area is 161 Å². The van der Waals surface area contributed by atoms with Crippen LogP contribution < -0.4 is 4.72 Å². The second kappa shape index (κ2) is 7.82. The summed E-state index contributed by atoms with van der Waals surface area (Å²) in [6.45, 7) is 6.92. The molecule has 0 aromatic heterocycles. The van der Waals surface area contributed by atoms with E-state index in [1.54, 1.807) is 19.1 Å². The third kappa shape index (κ3) is 4.22. The van der Waals surface area contributed by atoms with Crippen LogP contribution >= 0.6 is 0 Å². The molecule has 1 saturated heterocycles. The summed E-state index contributed by atoms with van der Waals surface area (Å²) in [6, 6.07) is 12.7. The molecule has 1 fully saturated rings. The fraction of sp³-hybridized carbons (Fsp3) is 0.381. The van der Waals surface area contributed by atoms with Crippen LogP contribution in [0, 0.1) is 13.8 Å². The SMILES string of the molecule is CCNS(=O)(=O)c1ccc(C(=O)N2CCCC2c2cc(C)cc(C)c2)cc1. The summed E-state index contributed by atoms with van der Waals surface area (Å²) in [5, 5.41) is 0. The largest absolute Gasteiger partial charge is 0.332 e. The molecule has 0 radical (unpaired) electrons. The van der Waals surface area contributed by atoms with Crippen molar-refractivity contribution < 1.29 is 13.2 Å². The number of nitrogens with zero attached hydrogens (tertiary/aromatic N) is 1. The van der Waals surface area contributed by atoms with Gasteiger partial charge in [0.1, 0.15) is 0 Å². The molecular weight excluding hydrogens is 360 g/mol. The van der Waals surface area contributed by atoms with Gasteiger partial charge in [-0.3, -0.25) is 4.79 Å². The summed E-state index contributed by atoms with van der Waals surface area (Å²) in [7, 11) is -3.51. The Balaban J connectivity index is 1.84. The normalized spacial score (nSPS) is 17.3. The predicted octanol–water partition coefficient (Wildman–Crippen LogP) is 3.58. The van der Waals surface area contributed by atoms with Crippen molar-refractivity contribution in [2.24, 2.45) is 0 Å². The van der Waals surface area contributed by atoms with E-state index >= 15 is 0 Å². The van der Waals surface area contributed by atoms with E-state index in [1.165, 1.54) is 28.8 Å². The fourth-order valence-electron chi connectivity index (χ4n) is 3.77. The summed E-state index contributed by atoms with van der Waals surface area (Å²) in [4.78, 5) is 15.1. The van der Waals surface area contributed by atoms with E-state index in [4.69, 9.17) is 0 Å². The Bertz CT molecular complexity index is 916. The van der Waals surface area contributed by atoms with Gasteiger partial charge in [-0.15, -0.1) is 0 Å². The van der Waals surface area contributed by atoms with Crippen molar-refractivity contribution in [2.75, 3.05) is 13.1 Å². The zero-order chi connectivity index (χ0) is 19.6. The van der Waals surface area contributed by atoms with Crippen molar-refractivity contribution in [3.8, 4) is 0 Å². The van der Waals surface area contributed by atoms with Crippen LogP contribution in [0.4, 0.5) is 0 Å². The van der Waals surface area contributed by atoms with Gasteiger partial charge in [0, 0.05) is 18.7 Å². The Hall–Kier alpha value is -2.18. The van der Waals surface area contributed by atoms with Crippen molar-refractivity contribution in [1.29, 1.82) is 0 Å². The molecule has 1 unspecified atom stereocenters. The molecule has 0 aliphatic carbocycles. The first-order chi connectivity index (χ1) is 12.8. The summed E-state index contributed by atoms with van der Waals surface area (Å²) in [5.41, 5.74) is 4.08. The maximum atomic E-state index is 13.0. The highest BCUT2D eigenvalue weighted by Crippen LogP contribution is 2.34. The van der Waals surface area contributed by atoms with E-state index in [2.05, 4.69) is 36.8 Å². The van der Waals surface area contributed by atoms with E-state index in [1.807, 2.05) is 4.90 Å². The summed E-state index contributed by atoms with van der Waals surface area (Å²) in [6.07, 6.45) is 1.91. The molecule has 3 rings (SSSR count). The van der Waals surface area contributed by atoms with E-state index in [9.17, 15) is 13.2 Å². The maximum absolute atomic E-state index is 13.0. The van der Waals surface area contributed by atoms with Crippen LogP contribution in [0.2, 0.25) is 0 Å². The fourth-order valence-corrected chi connectivity index (χ4v) is 4.82. The summed E-state index contributed by atoms with van der Waals surface area (Å²) < 4.78 is 26.6. The van der Waals surface area contributed by atoms with E-state index in [0.29, 0.717) is 18.7 Å². The van der Waals surface area contributed by atoms with Crippen molar-refractivity contribution in [3.63, 3.8) is 0 Å². The molecule has 0 bridgehead atoms. The van der Waals surface area contributed by atoms with Gasteiger partial charge in [-0.1, -0.05) is 36.2 Å². The van der Waals surface area contributed by atoms with Gasteiger partial charge in [-0.2, -0.15) is 0 Å². The highest BCUT2D eigenvalue weighted by atomic mass is 32.2. The van der Waals surface area contributed by atoms with Crippen molar-refractivity contribution >= 4 is 15.9 Å². The predicted molar refractivity (Wildman–Crippen MR) is 106 cm³/mol. The first-order valence-corrected chi connectivity index (χ1v) is 10.8. The number of hydrogen-bond acceptors (Lipinski definition) is 3. The van der Waals surface area contributed by atoms with Crippen molar-refractivity contribution in [2.45, 2.75) is 44.6 Å². The lowest BCUT2D eigenvalue weighted by Crippen LogP contribution is -2.30. The number of aryl methyl sites for hydroxylation is 2. The Morgan fingerprint density at radius 1 is 1.11 bits per heavy atom. The lowest BCUT2D eigenvalue weighted by molar-refractivity contribution is 0.0735. The van der Waals surface area contributed by atoms with Crippen LogP contribution in [0.15, 0.2) is 47.4 Å². The number of hydrogen-bond donors (Lipinski definition) is 1. The molecule has 0 spiro atoms. The third-order valence-corrected chi connectivity index (χ3v) is 6.45. The zero-order valence-corrected chi connectivity index (χ0v) is 16.8. The molecular formula is C21H26N2O3S. The average Bonchev–Trinajstić information content (AvgIpc) is 3.10. The molecule has 27 heavy (non-hydrogen) atoms. The molecule has 1 heterocycles. The van der Waals surface area contributed by atoms with E-state index < -0.39 is 10.0 Å². The second-order valence-corrected chi connectivity index (χ2v) is 8.87. The number of carbonyl (C=O) groups excluding carboxylic acids is 1. The minimum absolute atomic E-state index is 0.0518. The van der Waals surface area contributed by atoms with Gasteiger partial charge in [0.2, 0.25) is 10.0 Å². The molecule has 5 nitrogen and oxygen atoms in total. The lowest BCUT2D eigenvalue weighted by atomic mass is 9.99. The average molecular weight is 387 g/mol. The number of likely N-dealkylation sites (tertiary alicyclic amines) is 1. The molecule has 1 amide bonds. The van der Waals surface area contributed by atoms with Gasteiger partial charge < -0.3 is 4.90 Å². The molecule has 1 aliphatic heterocycles. The van der Waals surface area contributed by atoms with Crippen LogP contribution in [-0.4, -0.2) is 32.3 Å². The molecule has 144 valence electrons. The van der Waals surface area contributed by atoms with E-state index in [-0.39, 0.29) is 16.8 Å². The Morgan fingerprint density at radius 2 is 1.74 bits per heavy atom. The monoisotopic (exact) mass is 386 g/mol. The molecule has 2 aromatic carbocycles. The first kappa shape index (κ1) is 19.6. The molecule has 0 saturated carbocycles. The first-order valence-electron chi connectivity index (χ1n) is 9.30. The molecule has 1 N–H and O–H groups in total. The standard InChI is InChI=1S/C21H26N2O3S/c1-4-22-27(25,26)19-9-7-17(8-10-19)21(24)23-11-5-6-20(23)18-13-15(2)12-16(3)14-18/h7-10,12-14,20,22H,4-6,11H2,1-3H3. The second-order valence-electron chi connectivity index (χ2n) is 7.10. The van der Waals surface area contributed by atoms with Crippen LogP contribution in [0.25, 0.3) is 0 Å². The third-order valence-electron chi connectivity index (χ3n) is 4.89. The molecule has 1 atom stereocenters. The lowest BCUT2D eigenvalue weighted by Gasteiger charge is -2.26. The number of benzene rings is 2. The van der Waals surface area contributed by atoms with Gasteiger partial charge in [-0.25, -0.2) is 13.1 Å². The smallest absolute Gasteiger partial charge is 0.254 e. The van der Waals surface area contributed by atoms with Gasteiger partial charge in [0.15, 0.2) is 0 Å². The number of carbonyl (C=O) groups is 1. The van der Waals surface area contributed by atoms with Crippen LogP contribution in [0.1, 0.15) is 52.9 Å². The van der Waals surface area contributed by atoms with Crippen molar-refractivity contribution in [1.82, 2.24) is 9.62 Å². The quantitative estimate of drug-likeness (QED) is 0.854. The Morgan fingerprint density at radius 3 is 2.33 bits per heavy atom. The van der Waals surface area contributed by atoms with Crippen LogP contribution in [-0.2, 0) is 10.0 Å². The van der Waals surface area contributed by atoms with Gasteiger partial charge in [-0.05, 0) is 56.5 Å². The van der Waals surface area contributed by atoms with Crippen LogP contribution in [0.5, 0.6) is 0 Å². The van der Waals surface area contributed by atoms with Gasteiger partial charge in [0.05, 0.1) is 10.9 Å². The topological polar surface area (TPSA) is 66.5 Å². The Kier molecular flexibility index (Phi) is 5.67. The number of rotatable bonds is 5. The van der Waals surface area contributed by atoms with Gasteiger partial charge in [0.25, 0.3) is 5.91 Å². The highest BCUT2D eigenvalue weighted by Gasteiger charge is 2.31. The van der Waals surface area contributed by atoms with Gasteiger partial charge >= 0.3 is 0 Å². The molecule has 1 aliphatic rings. The minimum atomic E-state index is -3.51. The van der Waals surface area contributed by atoms with Crippen LogP contribution in [0.3, 0.4) is 0 Å². The number of amides is 1. The zero-order valence-electron chi connectivity index (χ0n) is 16.0. The highest BCUT2D eigenvalue weighted by molar-refractivity contribution is 7.89. The molecule has 2 aromatic rings. The number of nitrogens with one attached hydrogen (secondary N) is 1. The van der Waals surface area contributed by atoms with E-state index in [0.717, 1.165) is 12.8 Å².